The fraction of sp³-hybridized carbons (Fsp3) is 0.0909. The third-order valence-electron chi connectivity index (χ3n) is 3.98. The summed E-state index contributed by atoms with van der Waals surface area (Å²) in [4.78, 5) is 11.9. The van der Waals surface area contributed by atoms with E-state index in [1.54, 1.807) is 0 Å². The van der Waals surface area contributed by atoms with E-state index in [1.165, 1.54) is 5.56 Å². The lowest BCUT2D eigenvalue weighted by atomic mass is 10.0. The van der Waals surface area contributed by atoms with E-state index in [9.17, 15) is 4.79 Å². The lowest BCUT2D eigenvalue weighted by Gasteiger charge is -2.07. The molecule has 4 heteroatoms. The van der Waals surface area contributed by atoms with Gasteiger partial charge in [-0.3, -0.25) is 4.79 Å². The van der Waals surface area contributed by atoms with Crippen molar-refractivity contribution in [2.45, 2.75) is 6.92 Å². The van der Waals surface area contributed by atoms with Crippen LogP contribution < -0.4 is 10.7 Å². The predicted octanol–water partition coefficient (Wildman–Crippen LogP) is 4.31. The summed E-state index contributed by atoms with van der Waals surface area (Å²) in [6.07, 6.45) is 0. The largest absolute Gasteiger partial charge is 0.376 e. The molecular weight excluding hydrogens is 322 g/mol. The highest BCUT2D eigenvalue weighted by atomic mass is 16.2. The average molecular weight is 343 g/mol. The van der Waals surface area contributed by atoms with Crippen molar-refractivity contribution in [3.63, 3.8) is 0 Å². The Kier molecular flexibility index (Phi) is 5.78. The topological polar surface area (TPSA) is 53.5 Å². The number of hydrazone groups is 1. The van der Waals surface area contributed by atoms with Crippen LogP contribution in [0.2, 0.25) is 0 Å². The molecule has 0 bridgehead atoms. The summed E-state index contributed by atoms with van der Waals surface area (Å²) in [5.74, 6) is -0.186. The Bertz CT molecular complexity index is 872. The Hall–Kier alpha value is -3.40. The van der Waals surface area contributed by atoms with Crippen molar-refractivity contribution < 1.29 is 4.79 Å². The van der Waals surface area contributed by atoms with Gasteiger partial charge in [0.1, 0.15) is 0 Å². The summed E-state index contributed by atoms with van der Waals surface area (Å²) in [5, 5.41) is 7.24. The first kappa shape index (κ1) is 17.4. The van der Waals surface area contributed by atoms with Gasteiger partial charge in [-0.25, -0.2) is 5.43 Å². The molecule has 0 aromatic heterocycles. The van der Waals surface area contributed by atoms with E-state index in [0.29, 0.717) is 0 Å². The van der Waals surface area contributed by atoms with Crippen LogP contribution in [0.15, 0.2) is 90.0 Å². The van der Waals surface area contributed by atoms with E-state index in [4.69, 9.17) is 0 Å². The van der Waals surface area contributed by atoms with Crippen LogP contribution in [0, 0.1) is 0 Å². The van der Waals surface area contributed by atoms with Crippen molar-refractivity contribution in [1.82, 2.24) is 5.43 Å². The van der Waals surface area contributed by atoms with Crippen molar-refractivity contribution in [3.8, 4) is 11.1 Å². The second kappa shape index (κ2) is 8.62. The predicted molar refractivity (Wildman–Crippen MR) is 107 cm³/mol. The molecular formula is C22H21N3O. The van der Waals surface area contributed by atoms with Crippen LogP contribution >= 0.6 is 0 Å². The summed E-state index contributed by atoms with van der Waals surface area (Å²) in [6, 6.07) is 27.9. The van der Waals surface area contributed by atoms with E-state index < -0.39 is 0 Å². The molecule has 1 amide bonds. The van der Waals surface area contributed by atoms with Gasteiger partial charge in [-0.05, 0) is 35.7 Å². The Morgan fingerprint density at radius 1 is 0.808 bits per heavy atom. The Morgan fingerprint density at radius 3 is 2.04 bits per heavy atom. The van der Waals surface area contributed by atoms with Crippen LogP contribution in [0.1, 0.15) is 12.5 Å². The number of amides is 1. The van der Waals surface area contributed by atoms with Gasteiger partial charge in [-0.15, -0.1) is 0 Å². The van der Waals surface area contributed by atoms with Gasteiger partial charge in [0.05, 0.1) is 12.3 Å². The van der Waals surface area contributed by atoms with Gasteiger partial charge in [-0.1, -0.05) is 72.8 Å². The zero-order valence-corrected chi connectivity index (χ0v) is 14.6. The number of benzene rings is 3. The maximum Gasteiger partial charge on any atom is 0.259 e. The van der Waals surface area contributed by atoms with Gasteiger partial charge in [-0.2, -0.15) is 5.10 Å². The number of anilines is 1. The number of carbonyl (C=O) groups excluding carboxylic acids is 1. The molecule has 0 radical (unpaired) electrons. The van der Waals surface area contributed by atoms with Crippen molar-refractivity contribution >= 4 is 17.3 Å². The summed E-state index contributed by atoms with van der Waals surface area (Å²) in [7, 11) is 0. The lowest BCUT2D eigenvalue weighted by Crippen LogP contribution is -2.26. The zero-order valence-electron chi connectivity index (χ0n) is 14.6. The average Bonchev–Trinajstić information content (AvgIpc) is 2.72. The highest BCUT2D eigenvalue weighted by Crippen LogP contribution is 2.19. The molecule has 0 spiro atoms. The quantitative estimate of drug-likeness (QED) is 0.518. The Balaban J connectivity index is 1.56. The van der Waals surface area contributed by atoms with Gasteiger partial charge < -0.3 is 5.32 Å². The summed E-state index contributed by atoms with van der Waals surface area (Å²) >= 11 is 0. The van der Waals surface area contributed by atoms with Crippen LogP contribution in [0.4, 0.5) is 5.69 Å². The second-order valence-electron chi connectivity index (χ2n) is 5.90. The molecule has 3 rings (SSSR count). The molecule has 0 atom stereocenters. The van der Waals surface area contributed by atoms with Crippen LogP contribution in [0.5, 0.6) is 0 Å². The molecule has 130 valence electrons. The van der Waals surface area contributed by atoms with Crippen molar-refractivity contribution in [1.29, 1.82) is 0 Å². The van der Waals surface area contributed by atoms with E-state index in [-0.39, 0.29) is 12.5 Å². The first-order valence-corrected chi connectivity index (χ1v) is 8.50. The molecule has 0 aliphatic heterocycles. The SMILES string of the molecule is C/C(=N\NC(=O)CNc1ccccc1)c1ccc(-c2ccccc2)cc1. The van der Waals surface area contributed by atoms with Gasteiger partial charge in [0.2, 0.25) is 0 Å². The first-order chi connectivity index (χ1) is 12.7. The van der Waals surface area contributed by atoms with E-state index in [1.807, 2.05) is 67.6 Å². The van der Waals surface area contributed by atoms with Crippen LogP contribution in [0.3, 0.4) is 0 Å². The van der Waals surface area contributed by atoms with Gasteiger partial charge in [0.15, 0.2) is 0 Å². The minimum Gasteiger partial charge on any atom is -0.376 e. The van der Waals surface area contributed by atoms with Crippen molar-refractivity contribution in [2.24, 2.45) is 5.10 Å². The first-order valence-electron chi connectivity index (χ1n) is 8.50. The smallest absolute Gasteiger partial charge is 0.259 e. The molecule has 26 heavy (non-hydrogen) atoms. The minimum atomic E-state index is -0.186. The summed E-state index contributed by atoms with van der Waals surface area (Å²) in [5.41, 5.74) is 7.55. The van der Waals surface area contributed by atoms with Crippen molar-refractivity contribution in [3.05, 3.63) is 90.5 Å². The van der Waals surface area contributed by atoms with Gasteiger partial charge >= 0.3 is 0 Å². The van der Waals surface area contributed by atoms with Crippen LogP contribution in [0.25, 0.3) is 11.1 Å². The molecule has 0 heterocycles. The van der Waals surface area contributed by atoms with E-state index in [2.05, 4.69) is 40.1 Å². The third kappa shape index (κ3) is 4.80. The molecule has 0 aliphatic rings. The Labute approximate surface area is 153 Å². The minimum absolute atomic E-state index is 0.174. The molecule has 0 unspecified atom stereocenters. The molecule has 4 nitrogen and oxygen atoms in total. The molecule has 0 saturated heterocycles. The molecule has 0 aliphatic carbocycles. The maximum absolute atomic E-state index is 11.9. The molecule has 2 N–H and O–H groups in total. The molecule has 3 aromatic carbocycles. The molecule has 0 fully saturated rings. The Morgan fingerprint density at radius 2 is 1.38 bits per heavy atom. The lowest BCUT2D eigenvalue weighted by molar-refractivity contribution is -0.119. The standard InChI is InChI=1S/C22H21N3O/c1-17(24-25-22(26)16-23-21-10-6-3-7-11-21)18-12-14-20(15-13-18)19-8-4-2-5-9-19/h2-15,23H,16H2,1H3,(H,25,26)/b24-17+. The number of hydrogen-bond acceptors (Lipinski definition) is 3. The second-order valence-corrected chi connectivity index (χ2v) is 5.90. The highest BCUT2D eigenvalue weighted by Gasteiger charge is 2.03. The third-order valence-corrected chi connectivity index (χ3v) is 3.98. The number of nitrogens with one attached hydrogen (secondary N) is 2. The van der Waals surface area contributed by atoms with Crippen LogP contribution in [-0.4, -0.2) is 18.2 Å². The number of nitrogens with zero attached hydrogens (tertiary/aromatic N) is 1. The molecule has 3 aromatic rings. The normalized spacial score (nSPS) is 11.0. The highest BCUT2D eigenvalue weighted by molar-refractivity contribution is 5.99. The number of carbonyl (C=O) groups is 1. The van der Waals surface area contributed by atoms with E-state index >= 15 is 0 Å². The fourth-order valence-corrected chi connectivity index (χ4v) is 2.52. The van der Waals surface area contributed by atoms with E-state index in [0.717, 1.165) is 22.5 Å². The van der Waals surface area contributed by atoms with Gasteiger partial charge in [0.25, 0.3) is 5.91 Å². The van der Waals surface area contributed by atoms with Crippen molar-refractivity contribution in [2.75, 3.05) is 11.9 Å². The zero-order chi connectivity index (χ0) is 18.2. The summed E-state index contributed by atoms with van der Waals surface area (Å²) in [6.45, 7) is 2.05. The molecule has 0 saturated carbocycles. The number of hydrogen-bond donors (Lipinski definition) is 2. The monoisotopic (exact) mass is 343 g/mol. The number of rotatable bonds is 6. The maximum atomic E-state index is 11.9. The summed E-state index contributed by atoms with van der Waals surface area (Å²) < 4.78 is 0. The van der Waals surface area contributed by atoms with Crippen LogP contribution in [-0.2, 0) is 4.79 Å². The number of para-hydroxylation sites is 1. The van der Waals surface area contributed by atoms with Gasteiger partial charge in [0, 0.05) is 5.69 Å². The fourth-order valence-electron chi connectivity index (χ4n) is 2.52.